The molecule has 1 saturated heterocycles. The smallest absolute Gasteiger partial charge is 0.263 e. The molecule has 30 heavy (non-hydrogen) atoms. The maximum absolute atomic E-state index is 13.1. The fraction of sp³-hybridized carbons (Fsp3) is 0.571. The molecule has 162 valence electrons. The number of hydrogen-bond donors (Lipinski definition) is 0. The van der Waals surface area contributed by atoms with Gasteiger partial charge in [-0.25, -0.2) is 4.39 Å². The molecule has 0 N–H and O–H groups in total. The highest BCUT2D eigenvalue weighted by molar-refractivity contribution is 9.10. The zero-order valence-corrected chi connectivity index (χ0v) is 19.4. The third-order valence-corrected chi connectivity index (χ3v) is 7.73. The number of halogens is 2. The Kier molecular flexibility index (Phi) is 7.00. The van der Waals surface area contributed by atoms with Gasteiger partial charge in [0.25, 0.3) is 5.91 Å². The number of rotatable bonds is 8. The Morgan fingerprint density at radius 2 is 2.13 bits per heavy atom. The van der Waals surface area contributed by atoms with Crippen molar-refractivity contribution in [3.8, 4) is 0 Å². The number of ether oxygens (including phenoxy) is 1. The molecule has 1 saturated carbocycles. The van der Waals surface area contributed by atoms with Gasteiger partial charge in [0.1, 0.15) is 11.3 Å². The van der Waals surface area contributed by atoms with E-state index in [0.717, 1.165) is 46.1 Å². The van der Waals surface area contributed by atoms with Gasteiger partial charge in [0.15, 0.2) is 5.82 Å². The van der Waals surface area contributed by atoms with Gasteiger partial charge in [-0.2, -0.15) is 0 Å². The lowest BCUT2D eigenvalue weighted by molar-refractivity contribution is 0.0784. The Labute approximate surface area is 188 Å². The van der Waals surface area contributed by atoms with Crippen molar-refractivity contribution in [2.75, 3.05) is 44.9 Å². The molecule has 2 aromatic rings. The van der Waals surface area contributed by atoms with E-state index in [2.05, 4.69) is 38.1 Å². The van der Waals surface area contributed by atoms with E-state index in [1.807, 2.05) is 29.2 Å². The van der Waals surface area contributed by atoms with Crippen molar-refractivity contribution in [1.29, 1.82) is 0 Å². The highest BCUT2D eigenvalue weighted by Gasteiger charge is 2.46. The van der Waals surface area contributed by atoms with Gasteiger partial charge in [-0.3, -0.25) is 4.79 Å². The van der Waals surface area contributed by atoms with Gasteiger partial charge in [0.2, 0.25) is 0 Å². The number of fused-ring (bicyclic) bond motifs is 1. The second-order valence-corrected chi connectivity index (χ2v) is 9.90. The van der Waals surface area contributed by atoms with Crippen LogP contribution < -0.4 is 4.90 Å². The van der Waals surface area contributed by atoms with Crippen LogP contribution in [-0.4, -0.2) is 67.1 Å². The van der Waals surface area contributed by atoms with Crippen LogP contribution in [0, 0.1) is 11.8 Å². The number of likely N-dealkylation sites (tertiary alicyclic amines) is 1. The third kappa shape index (κ3) is 4.68. The summed E-state index contributed by atoms with van der Waals surface area (Å²) in [4.78, 5) is 19.2. The topological polar surface area (TPSA) is 58.6 Å². The number of nitrogens with zero attached hydrogens (tertiary/aromatic N) is 4. The monoisotopic (exact) mass is 496 g/mol. The third-order valence-electron chi connectivity index (χ3n) is 6.17. The average Bonchev–Trinajstić information content (AvgIpc) is 3.46. The molecule has 3 atom stereocenters. The summed E-state index contributed by atoms with van der Waals surface area (Å²) in [5.41, 5.74) is 0. The quantitative estimate of drug-likeness (QED) is 0.520. The van der Waals surface area contributed by atoms with E-state index >= 15 is 0 Å². The maximum Gasteiger partial charge on any atom is 0.263 e. The van der Waals surface area contributed by atoms with Gasteiger partial charge in [0, 0.05) is 43.4 Å². The van der Waals surface area contributed by atoms with Gasteiger partial charge < -0.3 is 14.5 Å². The van der Waals surface area contributed by atoms with Crippen LogP contribution >= 0.6 is 27.3 Å². The van der Waals surface area contributed by atoms with E-state index in [0.29, 0.717) is 30.9 Å². The Morgan fingerprint density at radius 3 is 2.90 bits per heavy atom. The van der Waals surface area contributed by atoms with E-state index in [9.17, 15) is 9.18 Å². The first kappa shape index (κ1) is 21.6. The number of aromatic nitrogens is 2. The largest absolute Gasteiger partial charge is 0.378 e. The summed E-state index contributed by atoms with van der Waals surface area (Å²) in [6, 6.07) is 8.15. The van der Waals surface area contributed by atoms with E-state index in [1.165, 1.54) is 11.3 Å². The van der Waals surface area contributed by atoms with Crippen LogP contribution in [0.5, 0.6) is 0 Å². The van der Waals surface area contributed by atoms with Gasteiger partial charge in [0.05, 0.1) is 18.1 Å². The first-order valence-corrected chi connectivity index (χ1v) is 11.9. The van der Waals surface area contributed by atoms with Crippen molar-refractivity contribution in [1.82, 2.24) is 15.1 Å². The predicted octanol–water partition coefficient (Wildman–Crippen LogP) is 3.82. The zero-order valence-electron chi connectivity index (χ0n) is 17.0. The molecule has 1 aliphatic heterocycles. The molecule has 9 heteroatoms. The van der Waals surface area contributed by atoms with Crippen molar-refractivity contribution in [3.05, 3.63) is 38.6 Å². The molecule has 1 aliphatic carbocycles. The van der Waals surface area contributed by atoms with E-state index in [-0.39, 0.29) is 12.5 Å². The fourth-order valence-corrected chi connectivity index (χ4v) is 5.83. The Hall–Kier alpha value is -1.58. The summed E-state index contributed by atoms with van der Waals surface area (Å²) in [6.45, 7) is 1.77. The summed E-state index contributed by atoms with van der Waals surface area (Å²) in [5.74, 6) is 1.98. The Balaban J connectivity index is 1.36. The normalized spacial score (nSPS) is 23.0. The Bertz CT molecular complexity index is 865. The highest BCUT2D eigenvalue weighted by atomic mass is 79.9. The first-order chi connectivity index (χ1) is 14.6. The maximum atomic E-state index is 13.1. The molecule has 0 unspecified atom stereocenters. The lowest BCUT2D eigenvalue weighted by Crippen LogP contribution is -2.39. The lowest BCUT2D eigenvalue weighted by Gasteiger charge is -2.30. The van der Waals surface area contributed by atoms with Crippen LogP contribution in [0.3, 0.4) is 0 Å². The van der Waals surface area contributed by atoms with Crippen LogP contribution in [0.25, 0.3) is 0 Å². The minimum Gasteiger partial charge on any atom is -0.378 e. The minimum atomic E-state index is -0.462. The molecule has 3 heterocycles. The van der Waals surface area contributed by atoms with Crippen molar-refractivity contribution in [3.63, 3.8) is 0 Å². The molecule has 0 spiro atoms. The van der Waals surface area contributed by atoms with Gasteiger partial charge >= 0.3 is 0 Å². The molecule has 2 fully saturated rings. The predicted molar refractivity (Wildman–Crippen MR) is 119 cm³/mol. The van der Waals surface area contributed by atoms with E-state index in [4.69, 9.17) is 4.74 Å². The van der Waals surface area contributed by atoms with Crippen LogP contribution in [0.4, 0.5) is 10.2 Å². The van der Waals surface area contributed by atoms with Crippen LogP contribution in [0.2, 0.25) is 0 Å². The first-order valence-electron chi connectivity index (χ1n) is 10.3. The number of amides is 1. The van der Waals surface area contributed by atoms with Crippen LogP contribution in [0.1, 0.15) is 27.4 Å². The molecular formula is C21H26BrFN4O2S. The molecule has 2 aliphatic rings. The molecule has 0 bridgehead atoms. The number of anilines is 1. The summed E-state index contributed by atoms with van der Waals surface area (Å²) < 4.78 is 18.0. The average molecular weight is 497 g/mol. The second kappa shape index (κ2) is 9.70. The molecular weight excluding hydrogens is 471 g/mol. The standard InChI is InChI=1S/C21H26BrFN4O2S/c1-26(20-7-6-19(22)24-25-20)17-4-2-14-12-27(13-16(14)17)21(28)18-5-3-15(30-18)8-10-29-11-9-23/h3,5-7,14,16-17H,2,4,8-13H2,1H3/t14-,16+,17+/m0/s1. The molecule has 2 aromatic heterocycles. The molecule has 4 rings (SSSR count). The van der Waals surface area contributed by atoms with Crippen molar-refractivity contribution in [2.45, 2.75) is 25.3 Å². The summed E-state index contributed by atoms with van der Waals surface area (Å²) >= 11 is 4.86. The molecule has 0 radical (unpaired) electrons. The SMILES string of the molecule is CN(c1ccc(Br)nn1)[C@@H]1CC[C@H]2CN(C(=O)c3ccc(CCOCCF)s3)C[C@H]21. The number of alkyl halides is 1. The van der Waals surface area contributed by atoms with Gasteiger partial charge in [-0.15, -0.1) is 21.5 Å². The summed E-state index contributed by atoms with van der Waals surface area (Å²) in [5, 5.41) is 8.40. The molecule has 1 amide bonds. The van der Waals surface area contributed by atoms with E-state index in [1.54, 1.807) is 0 Å². The Morgan fingerprint density at radius 1 is 1.27 bits per heavy atom. The van der Waals surface area contributed by atoms with Crippen LogP contribution in [0.15, 0.2) is 28.9 Å². The zero-order chi connectivity index (χ0) is 21.1. The van der Waals surface area contributed by atoms with Crippen molar-refractivity contribution in [2.24, 2.45) is 11.8 Å². The number of carbonyl (C=O) groups is 1. The second-order valence-electron chi connectivity index (χ2n) is 7.92. The minimum absolute atomic E-state index is 0.121. The number of hydrogen-bond acceptors (Lipinski definition) is 6. The van der Waals surface area contributed by atoms with Gasteiger partial charge in [-0.05, 0) is 59.0 Å². The van der Waals surface area contributed by atoms with Crippen LogP contribution in [-0.2, 0) is 11.2 Å². The molecule has 0 aromatic carbocycles. The molecule has 6 nitrogen and oxygen atoms in total. The lowest BCUT2D eigenvalue weighted by atomic mass is 9.97. The van der Waals surface area contributed by atoms with E-state index < -0.39 is 6.67 Å². The summed E-state index contributed by atoms with van der Waals surface area (Å²) in [6.07, 6.45) is 2.97. The van der Waals surface area contributed by atoms with Crippen molar-refractivity contribution >= 4 is 39.0 Å². The highest BCUT2D eigenvalue weighted by Crippen LogP contribution is 2.41. The summed E-state index contributed by atoms with van der Waals surface area (Å²) in [7, 11) is 2.08. The van der Waals surface area contributed by atoms with Gasteiger partial charge in [-0.1, -0.05) is 0 Å². The van der Waals surface area contributed by atoms with Crippen molar-refractivity contribution < 1.29 is 13.9 Å². The number of carbonyl (C=O) groups excluding carboxylic acids is 1. The fourth-order valence-electron chi connectivity index (χ4n) is 4.66. The number of thiophene rings is 1.